The van der Waals surface area contributed by atoms with E-state index in [-0.39, 0.29) is 11.6 Å². The van der Waals surface area contributed by atoms with Gasteiger partial charge in [0.25, 0.3) is 0 Å². The summed E-state index contributed by atoms with van der Waals surface area (Å²) in [7, 11) is 0. The van der Waals surface area contributed by atoms with Crippen LogP contribution in [-0.2, 0) is 6.54 Å². The minimum atomic E-state index is -0.302. The first kappa shape index (κ1) is 15.9. The molecule has 0 spiro atoms. The van der Waals surface area contributed by atoms with Gasteiger partial charge in [-0.1, -0.05) is 36.4 Å². The standard InChI is InChI=1S/C20H16F2N2/c21-17-3-1-5-19(11-17)23-13-15-7-9-16(10-8-15)14-24-20-6-2-4-18(22)12-20/h1-13,24H,14H2. The molecule has 0 amide bonds. The van der Waals surface area contributed by atoms with Crippen molar-refractivity contribution in [3.05, 3.63) is 95.6 Å². The van der Waals surface area contributed by atoms with Crippen LogP contribution in [0.25, 0.3) is 0 Å². The van der Waals surface area contributed by atoms with Gasteiger partial charge in [0.15, 0.2) is 0 Å². The third kappa shape index (κ3) is 4.49. The summed E-state index contributed by atoms with van der Waals surface area (Å²) >= 11 is 0. The van der Waals surface area contributed by atoms with Crippen molar-refractivity contribution >= 4 is 17.6 Å². The predicted octanol–water partition coefficient (Wildman–Crippen LogP) is 5.33. The number of nitrogens with one attached hydrogen (secondary N) is 1. The van der Waals surface area contributed by atoms with Crippen LogP contribution in [0, 0.1) is 11.6 Å². The molecule has 0 unspecified atom stereocenters. The third-order valence-corrected chi connectivity index (χ3v) is 3.47. The lowest BCUT2D eigenvalue weighted by Crippen LogP contribution is -1.99. The zero-order chi connectivity index (χ0) is 16.8. The van der Waals surface area contributed by atoms with Gasteiger partial charge in [-0.15, -0.1) is 0 Å². The second-order valence-electron chi connectivity index (χ2n) is 5.34. The van der Waals surface area contributed by atoms with Gasteiger partial charge in [0.2, 0.25) is 0 Å². The van der Waals surface area contributed by atoms with E-state index in [0.29, 0.717) is 12.2 Å². The molecule has 0 atom stereocenters. The fourth-order valence-electron chi connectivity index (χ4n) is 2.23. The summed E-state index contributed by atoms with van der Waals surface area (Å²) in [5.74, 6) is -0.563. The quantitative estimate of drug-likeness (QED) is 0.631. The van der Waals surface area contributed by atoms with Crippen LogP contribution >= 0.6 is 0 Å². The van der Waals surface area contributed by atoms with Gasteiger partial charge in [-0.2, -0.15) is 0 Å². The molecular formula is C20H16F2N2. The minimum absolute atomic E-state index is 0.260. The molecule has 0 aliphatic rings. The average Bonchev–Trinajstić information content (AvgIpc) is 2.59. The van der Waals surface area contributed by atoms with Crippen molar-refractivity contribution in [1.82, 2.24) is 0 Å². The Morgan fingerprint density at radius 1 is 0.833 bits per heavy atom. The van der Waals surface area contributed by atoms with Crippen molar-refractivity contribution in [2.45, 2.75) is 6.54 Å². The van der Waals surface area contributed by atoms with Gasteiger partial charge in [-0.25, -0.2) is 8.78 Å². The van der Waals surface area contributed by atoms with E-state index >= 15 is 0 Å². The molecule has 0 aliphatic heterocycles. The molecule has 3 rings (SSSR count). The highest BCUT2D eigenvalue weighted by Crippen LogP contribution is 2.14. The first-order valence-corrected chi connectivity index (χ1v) is 7.57. The topological polar surface area (TPSA) is 24.4 Å². The Hall–Kier alpha value is -3.01. The summed E-state index contributed by atoms with van der Waals surface area (Å²) in [6, 6.07) is 20.3. The van der Waals surface area contributed by atoms with Crippen LogP contribution in [0.15, 0.2) is 77.8 Å². The number of benzene rings is 3. The van der Waals surface area contributed by atoms with Crippen molar-refractivity contribution in [3.63, 3.8) is 0 Å². The lowest BCUT2D eigenvalue weighted by atomic mass is 10.1. The van der Waals surface area contributed by atoms with Gasteiger partial charge in [-0.3, -0.25) is 4.99 Å². The number of rotatable bonds is 5. The van der Waals surface area contributed by atoms with Crippen LogP contribution < -0.4 is 5.32 Å². The lowest BCUT2D eigenvalue weighted by Gasteiger charge is -2.06. The van der Waals surface area contributed by atoms with E-state index in [4.69, 9.17) is 0 Å². The van der Waals surface area contributed by atoms with Gasteiger partial charge in [0, 0.05) is 18.4 Å². The molecule has 0 aromatic heterocycles. The largest absolute Gasteiger partial charge is 0.381 e. The number of halogens is 2. The molecule has 0 heterocycles. The minimum Gasteiger partial charge on any atom is -0.381 e. The second kappa shape index (κ2) is 7.51. The fourth-order valence-corrected chi connectivity index (χ4v) is 2.23. The number of aliphatic imine (C=N–C) groups is 1. The van der Waals surface area contributed by atoms with Gasteiger partial charge in [0.1, 0.15) is 11.6 Å². The molecule has 1 N–H and O–H groups in total. The monoisotopic (exact) mass is 322 g/mol. The smallest absolute Gasteiger partial charge is 0.125 e. The van der Waals surface area contributed by atoms with Crippen molar-refractivity contribution in [1.29, 1.82) is 0 Å². The summed E-state index contributed by atoms with van der Waals surface area (Å²) in [5, 5.41) is 3.17. The lowest BCUT2D eigenvalue weighted by molar-refractivity contribution is 0.628. The van der Waals surface area contributed by atoms with Gasteiger partial charge < -0.3 is 5.32 Å². The molecule has 3 aromatic carbocycles. The summed E-state index contributed by atoms with van der Waals surface area (Å²) in [5.41, 5.74) is 3.31. The highest BCUT2D eigenvalue weighted by molar-refractivity contribution is 5.81. The van der Waals surface area contributed by atoms with Crippen LogP contribution in [0.1, 0.15) is 11.1 Å². The Morgan fingerprint density at radius 2 is 1.54 bits per heavy atom. The molecule has 0 bridgehead atoms. The van der Waals surface area contributed by atoms with Gasteiger partial charge in [-0.05, 0) is 47.5 Å². The Balaban J connectivity index is 1.61. The molecule has 2 nitrogen and oxygen atoms in total. The molecule has 120 valence electrons. The highest BCUT2D eigenvalue weighted by atomic mass is 19.1. The maximum absolute atomic E-state index is 13.1. The Kier molecular flexibility index (Phi) is 4.96. The maximum atomic E-state index is 13.1. The van der Waals surface area contributed by atoms with Crippen molar-refractivity contribution in [2.24, 2.45) is 4.99 Å². The normalized spacial score (nSPS) is 10.9. The van der Waals surface area contributed by atoms with Gasteiger partial charge in [0.05, 0.1) is 5.69 Å². The molecule has 0 fully saturated rings. The molecule has 0 aliphatic carbocycles. The molecule has 3 aromatic rings. The summed E-state index contributed by atoms with van der Waals surface area (Å²) in [6.45, 7) is 0.602. The summed E-state index contributed by atoms with van der Waals surface area (Å²) < 4.78 is 26.2. The Morgan fingerprint density at radius 3 is 2.25 bits per heavy atom. The SMILES string of the molecule is Fc1cccc(N=Cc2ccc(CNc3cccc(F)c3)cc2)c1. The fraction of sp³-hybridized carbons (Fsp3) is 0.0500. The second-order valence-corrected chi connectivity index (χ2v) is 5.34. The number of hydrogen-bond donors (Lipinski definition) is 1. The van der Waals surface area contributed by atoms with Crippen LogP contribution in [0.3, 0.4) is 0 Å². The van der Waals surface area contributed by atoms with Gasteiger partial charge >= 0.3 is 0 Å². The molecule has 0 saturated heterocycles. The summed E-state index contributed by atoms with van der Waals surface area (Å²) in [4.78, 5) is 4.25. The van der Waals surface area contributed by atoms with Crippen LogP contribution in [0.5, 0.6) is 0 Å². The van der Waals surface area contributed by atoms with Crippen molar-refractivity contribution in [2.75, 3.05) is 5.32 Å². The van der Waals surface area contributed by atoms with E-state index < -0.39 is 0 Å². The van der Waals surface area contributed by atoms with Crippen LogP contribution in [0.4, 0.5) is 20.2 Å². The molecule has 0 saturated carbocycles. The predicted molar refractivity (Wildman–Crippen MR) is 93.8 cm³/mol. The number of nitrogens with zero attached hydrogens (tertiary/aromatic N) is 1. The van der Waals surface area contributed by atoms with Crippen molar-refractivity contribution < 1.29 is 8.78 Å². The van der Waals surface area contributed by atoms with E-state index in [1.54, 1.807) is 24.4 Å². The summed E-state index contributed by atoms with van der Waals surface area (Å²) in [6.07, 6.45) is 1.69. The first-order chi connectivity index (χ1) is 11.7. The Labute approximate surface area is 139 Å². The zero-order valence-electron chi connectivity index (χ0n) is 12.9. The van der Waals surface area contributed by atoms with E-state index in [1.807, 2.05) is 30.3 Å². The van der Waals surface area contributed by atoms with Crippen LogP contribution in [-0.4, -0.2) is 6.21 Å². The number of anilines is 1. The third-order valence-electron chi connectivity index (χ3n) is 3.47. The van der Waals surface area contributed by atoms with Crippen LogP contribution in [0.2, 0.25) is 0 Å². The molecule has 4 heteroatoms. The Bertz CT molecular complexity index is 842. The van der Waals surface area contributed by atoms with E-state index in [1.165, 1.54) is 24.3 Å². The van der Waals surface area contributed by atoms with E-state index in [0.717, 1.165) is 16.8 Å². The first-order valence-electron chi connectivity index (χ1n) is 7.57. The average molecular weight is 322 g/mol. The molecule has 0 radical (unpaired) electrons. The zero-order valence-corrected chi connectivity index (χ0v) is 12.9. The van der Waals surface area contributed by atoms with E-state index in [9.17, 15) is 8.78 Å². The number of hydrogen-bond acceptors (Lipinski definition) is 2. The highest BCUT2D eigenvalue weighted by Gasteiger charge is 1.97. The van der Waals surface area contributed by atoms with E-state index in [2.05, 4.69) is 10.3 Å². The molecule has 24 heavy (non-hydrogen) atoms. The maximum Gasteiger partial charge on any atom is 0.125 e. The molecular weight excluding hydrogens is 306 g/mol. The van der Waals surface area contributed by atoms with Crippen molar-refractivity contribution in [3.8, 4) is 0 Å².